The normalized spacial score (nSPS) is 19.7. The average Bonchev–Trinajstić information content (AvgIpc) is 2.94. The van der Waals surface area contributed by atoms with E-state index in [0.29, 0.717) is 36.1 Å². The van der Waals surface area contributed by atoms with Gasteiger partial charge in [0.1, 0.15) is 12.3 Å². The van der Waals surface area contributed by atoms with Crippen molar-refractivity contribution in [2.24, 2.45) is 5.92 Å². The Hall–Kier alpha value is -2.56. The van der Waals surface area contributed by atoms with Gasteiger partial charge in [-0.3, -0.25) is 9.59 Å². The van der Waals surface area contributed by atoms with E-state index in [1.54, 1.807) is 42.5 Å². The van der Waals surface area contributed by atoms with E-state index in [1.165, 1.54) is 28.1 Å². The van der Waals surface area contributed by atoms with E-state index in [9.17, 15) is 18.0 Å². The molecule has 10 heteroatoms. The number of carbonyl (C=O) groups excluding carboxylic acids is 2. The van der Waals surface area contributed by atoms with Crippen molar-refractivity contribution in [1.82, 2.24) is 4.31 Å². The zero-order valence-corrected chi connectivity index (χ0v) is 21.8. The molecule has 2 aromatic rings. The molecule has 2 heterocycles. The monoisotopic (exact) mass is 517 g/mol. The van der Waals surface area contributed by atoms with Gasteiger partial charge in [0.15, 0.2) is 0 Å². The molecule has 1 fully saturated rings. The van der Waals surface area contributed by atoms with E-state index in [4.69, 9.17) is 4.74 Å². The van der Waals surface area contributed by atoms with Crippen LogP contribution in [-0.2, 0) is 19.6 Å². The Morgan fingerprint density at radius 2 is 1.86 bits per heavy atom. The molecule has 1 N–H and O–H groups in total. The quantitative estimate of drug-likeness (QED) is 0.623. The fraction of sp³-hybridized carbons (Fsp3) is 0.440. The highest BCUT2D eigenvalue weighted by atomic mass is 32.2. The largest absolute Gasteiger partial charge is 0.495 e. The summed E-state index contributed by atoms with van der Waals surface area (Å²) in [4.78, 5) is 28.4. The number of nitrogens with zero attached hydrogens (tertiary/aromatic N) is 2. The number of thioether (sulfide) groups is 1. The molecule has 188 valence electrons. The molecule has 0 spiro atoms. The number of rotatable bonds is 6. The molecule has 1 atom stereocenters. The molecule has 2 aliphatic heterocycles. The van der Waals surface area contributed by atoms with Crippen molar-refractivity contribution >= 4 is 45.0 Å². The van der Waals surface area contributed by atoms with Gasteiger partial charge in [-0.05, 0) is 49.1 Å². The van der Waals surface area contributed by atoms with Crippen molar-refractivity contribution in [2.75, 3.05) is 37.0 Å². The van der Waals surface area contributed by atoms with E-state index in [0.717, 1.165) is 17.7 Å². The van der Waals surface area contributed by atoms with Crippen molar-refractivity contribution < 1.29 is 22.7 Å². The SMILES string of the molecule is COc1ccccc1NC(=O)CN1C(=O)C[C@@H](C)Sc2ccc(S(=O)(=O)N3CCC(C)CC3)cc21. The maximum atomic E-state index is 13.4. The number of anilines is 2. The molecule has 0 radical (unpaired) electrons. The fourth-order valence-corrected chi connectivity index (χ4v) is 6.93. The highest BCUT2D eigenvalue weighted by Gasteiger charge is 2.32. The van der Waals surface area contributed by atoms with Gasteiger partial charge in [0.2, 0.25) is 21.8 Å². The third kappa shape index (κ3) is 5.65. The molecule has 4 rings (SSSR count). The number of ether oxygens (including phenoxy) is 1. The minimum Gasteiger partial charge on any atom is -0.495 e. The first kappa shape index (κ1) is 25.5. The lowest BCUT2D eigenvalue weighted by molar-refractivity contribution is -0.121. The van der Waals surface area contributed by atoms with Gasteiger partial charge in [0, 0.05) is 29.7 Å². The predicted molar refractivity (Wildman–Crippen MR) is 138 cm³/mol. The lowest BCUT2D eigenvalue weighted by Gasteiger charge is -2.30. The summed E-state index contributed by atoms with van der Waals surface area (Å²) in [6, 6.07) is 11.9. The first-order chi connectivity index (χ1) is 16.7. The van der Waals surface area contributed by atoms with E-state index in [2.05, 4.69) is 12.2 Å². The number of piperidine rings is 1. The van der Waals surface area contributed by atoms with Crippen LogP contribution in [0.25, 0.3) is 0 Å². The highest BCUT2D eigenvalue weighted by Crippen LogP contribution is 2.40. The Labute approximate surface area is 211 Å². The van der Waals surface area contributed by atoms with Crippen LogP contribution < -0.4 is 15.0 Å². The maximum absolute atomic E-state index is 13.4. The van der Waals surface area contributed by atoms with Crippen LogP contribution in [0.15, 0.2) is 52.3 Å². The first-order valence-corrected chi connectivity index (χ1v) is 14.0. The summed E-state index contributed by atoms with van der Waals surface area (Å²) >= 11 is 1.51. The second kappa shape index (κ2) is 10.6. The summed E-state index contributed by atoms with van der Waals surface area (Å²) in [5, 5.41) is 2.80. The molecule has 2 amide bonds. The minimum atomic E-state index is -3.70. The van der Waals surface area contributed by atoms with Gasteiger partial charge in [-0.15, -0.1) is 11.8 Å². The lowest BCUT2D eigenvalue weighted by Crippen LogP contribution is -2.39. The molecular formula is C25H31N3O5S2. The molecular weight excluding hydrogens is 486 g/mol. The number of para-hydroxylation sites is 2. The molecule has 0 bridgehead atoms. The van der Waals surface area contributed by atoms with Crippen molar-refractivity contribution in [3.63, 3.8) is 0 Å². The number of carbonyl (C=O) groups is 2. The van der Waals surface area contributed by atoms with Crippen LogP contribution in [0.5, 0.6) is 5.75 Å². The van der Waals surface area contributed by atoms with Crippen LogP contribution >= 0.6 is 11.8 Å². The topological polar surface area (TPSA) is 96.0 Å². The van der Waals surface area contributed by atoms with Gasteiger partial charge >= 0.3 is 0 Å². The predicted octanol–water partition coefficient (Wildman–Crippen LogP) is 3.97. The Bertz CT molecular complexity index is 1210. The Balaban J connectivity index is 1.64. The summed E-state index contributed by atoms with van der Waals surface area (Å²) in [5.41, 5.74) is 0.951. The Kier molecular flexibility index (Phi) is 7.73. The third-order valence-electron chi connectivity index (χ3n) is 6.38. The molecule has 2 aliphatic rings. The zero-order valence-electron chi connectivity index (χ0n) is 20.2. The van der Waals surface area contributed by atoms with Gasteiger partial charge in [-0.25, -0.2) is 8.42 Å². The fourth-order valence-electron chi connectivity index (χ4n) is 4.35. The molecule has 8 nitrogen and oxygen atoms in total. The third-order valence-corrected chi connectivity index (χ3v) is 9.44. The summed E-state index contributed by atoms with van der Waals surface area (Å²) in [5.74, 6) is 0.394. The smallest absolute Gasteiger partial charge is 0.244 e. The minimum absolute atomic E-state index is 0.00503. The average molecular weight is 518 g/mol. The molecule has 0 saturated carbocycles. The maximum Gasteiger partial charge on any atom is 0.244 e. The van der Waals surface area contributed by atoms with Gasteiger partial charge in [-0.1, -0.05) is 26.0 Å². The Morgan fingerprint density at radius 3 is 2.57 bits per heavy atom. The van der Waals surface area contributed by atoms with Gasteiger partial charge < -0.3 is 15.0 Å². The lowest BCUT2D eigenvalue weighted by atomic mass is 10.0. The van der Waals surface area contributed by atoms with Crippen molar-refractivity contribution in [2.45, 2.75) is 48.2 Å². The van der Waals surface area contributed by atoms with Gasteiger partial charge in [0.25, 0.3) is 0 Å². The summed E-state index contributed by atoms with van der Waals surface area (Å²) in [6.45, 7) is 4.81. The van der Waals surface area contributed by atoms with Crippen molar-refractivity contribution in [1.29, 1.82) is 0 Å². The molecule has 2 aromatic carbocycles. The number of methoxy groups -OCH3 is 1. The first-order valence-electron chi connectivity index (χ1n) is 11.7. The number of sulfonamides is 1. The van der Waals surface area contributed by atoms with Crippen molar-refractivity contribution in [3.05, 3.63) is 42.5 Å². The number of fused-ring (bicyclic) bond motifs is 1. The standard InChI is InChI=1S/C25H31N3O5S2/c1-17-10-12-27(13-11-17)35(31,32)19-8-9-23-21(15-19)28(25(30)14-18(2)34-23)16-24(29)26-20-6-4-5-7-22(20)33-3/h4-9,15,17-18H,10-14,16H2,1-3H3,(H,26,29)/t18-/m1/s1. The zero-order chi connectivity index (χ0) is 25.2. The van der Waals surface area contributed by atoms with Gasteiger partial charge in [-0.2, -0.15) is 4.31 Å². The van der Waals surface area contributed by atoms with Crippen LogP contribution in [0, 0.1) is 5.92 Å². The molecule has 1 saturated heterocycles. The van der Waals surface area contributed by atoms with Crippen LogP contribution in [0.2, 0.25) is 0 Å². The summed E-state index contributed by atoms with van der Waals surface area (Å²) in [6.07, 6.45) is 1.89. The van der Waals surface area contributed by atoms with E-state index in [1.807, 2.05) is 6.92 Å². The van der Waals surface area contributed by atoms with E-state index < -0.39 is 15.9 Å². The molecule has 35 heavy (non-hydrogen) atoms. The van der Waals surface area contributed by atoms with Crippen LogP contribution in [0.3, 0.4) is 0 Å². The van der Waals surface area contributed by atoms with Gasteiger partial charge in [0.05, 0.1) is 23.4 Å². The molecule has 0 unspecified atom stereocenters. The van der Waals surface area contributed by atoms with Crippen molar-refractivity contribution in [3.8, 4) is 5.75 Å². The van der Waals surface area contributed by atoms with E-state index in [-0.39, 0.29) is 29.0 Å². The number of nitrogens with one attached hydrogen (secondary N) is 1. The van der Waals surface area contributed by atoms with E-state index >= 15 is 0 Å². The number of hydrogen-bond acceptors (Lipinski definition) is 6. The number of benzene rings is 2. The number of amides is 2. The summed E-state index contributed by atoms with van der Waals surface area (Å²) in [7, 11) is -2.19. The highest BCUT2D eigenvalue weighted by molar-refractivity contribution is 8.00. The molecule has 0 aromatic heterocycles. The second-order valence-electron chi connectivity index (χ2n) is 9.08. The second-order valence-corrected chi connectivity index (χ2v) is 12.5. The van der Waals surface area contributed by atoms with Crippen LogP contribution in [0.4, 0.5) is 11.4 Å². The summed E-state index contributed by atoms with van der Waals surface area (Å²) < 4.78 is 33.6. The van der Waals surface area contributed by atoms with Crippen LogP contribution in [-0.4, -0.2) is 56.5 Å². The Morgan fingerprint density at radius 1 is 1.14 bits per heavy atom. The van der Waals surface area contributed by atoms with Crippen LogP contribution in [0.1, 0.15) is 33.1 Å². The number of hydrogen-bond donors (Lipinski definition) is 1. The molecule has 0 aliphatic carbocycles.